The van der Waals surface area contributed by atoms with Crippen LogP contribution in [0.3, 0.4) is 0 Å². The second-order valence-electron chi connectivity index (χ2n) is 8.48. The normalized spacial score (nSPS) is 17.4. The molecule has 0 atom stereocenters. The Hall–Kier alpha value is -2.94. The minimum absolute atomic E-state index is 0.117. The summed E-state index contributed by atoms with van der Waals surface area (Å²) in [4.78, 5) is 10.8. The molecular weight excluding hydrogens is 358 g/mol. The first-order valence-corrected chi connectivity index (χ1v) is 10.4. The Morgan fingerprint density at radius 1 is 0.931 bits per heavy atom. The molecule has 3 heteroatoms. The maximum Gasteiger partial charge on any atom is 0.270 e. The van der Waals surface area contributed by atoms with Gasteiger partial charge in [-0.2, -0.15) is 0 Å². The maximum atomic E-state index is 11.1. The average molecular weight is 386 g/mol. The third kappa shape index (κ3) is 3.82. The van der Waals surface area contributed by atoms with Gasteiger partial charge in [-0.15, -0.1) is 0 Å². The predicted molar refractivity (Wildman–Crippen MR) is 119 cm³/mol. The Bertz CT molecular complexity index is 1220. The van der Waals surface area contributed by atoms with Gasteiger partial charge in [0.25, 0.3) is 5.69 Å². The Labute approximate surface area is 171 Å². The predicted octanol–water partition coefficient (Wildman–Crippen LogP) is 4.96. The van der Waals surface area contributed by atoms with Gasteiger partial charge in [0.2, 0.25) is 0 Å². The van der Waals surface area contributed by atoms with Crippen LogP contribution in [0.25, 0.3) is 12.2 Å². The van der Waals surface area contributed by atoms with Crippen LogP contribution in [0, 0.1) is 20.6 Å². The molecule has 0 unspecified atom stereocenters. The molecule has 0 N–H and O–H groups in total. The van der Waals surface area contributed by atoms with Crippen molar-refractivity contribution in [3.8, 4) is 0 Å². The molecule has 0 heterocycles. The van der Waals surface area contributed by atoms with Crippen molar-refractivity contribution in [2.45, 2.75) is 51.4 Å². The maximum absolute atomic E-state index is 11.1. The minimum Gasteiger partial charge on any atom is -0.258 e. The molecule has 5 rings (SSSR count). The number of allylic oxidation sites excluding steroid dienone is 4. The lowest BCUT2D eigenvalue weighted by atomic mass is 9.75. The first kappa shape index (κ1) is 19.4. The summed E-state index contributed by atoms with van der Waals surface area (Å²) in [6, 6.07) is 9.61. The molecule has 0 aromatic heterocycles. The van der Waals surface area contributed by atoms with Gasteiger partial charge in [0.1, 0.15) is 0 Å². The molecule has 0 saturated heterocycles. The number of hydrogen-bond donors (Lipinski definition) is 0. The molecule has 3 aliphatic rings. The molecule has 0 bridgehead atoms. The molecule has 3 nitrogen and oxygen atoms in total. The van der Waals surface area contributed by atoms with Crippen LogP contribution in [0.5, 0.6) is 0 Å². The molecule has 0 saturated carbocycles. The summed E-state index contributed by atoms with van der Waals surface area (Å²) in [5.41, 5.74) is 2.89. The van der Waals surface area contributed by atoms with E-state index in [2.05, 4.69) is 62.4 Å². The van der Waals surface area contributed by atoms with E-state index in [1.165, 1.54) is 40.8 Å². The molecule has 0 fully saturated rings. The molecule has 2 aromatic rings. The van der Waals surface area contributed by atoms with Crippen LogP contribution < -0.4 is 10.4 Å². The van der Waals surface area contributed by atoms with Crippen molar-refractivity contribution >= 4 is 17.8 Å². The number of non-ortho nitro benzene ring substituents is 1. The van der Waals surface area contributed by atoms with Gasteiger partial charge in [-0.3, -0.25) is 10.1 Å². The zero-order chi connectivity index (χ0) is 20.4. The second kappa shape index (κ2) is 7.82. The van der Waals surface area contributed by atoms with Gasteiger partial charge in [-0.25, -0.2) is 0 Å². The van der Waals surface area contributed by atoms with E-state index in [9.17, 15) is 10.1 Å². The van der Waals surface area contributed by atoms with Gasteiger partial charge in [-0.1, -0.05) is 62.4 Å². The van der Waals surface area contributed by atoms with E-state index in [0.29, 0.717) is 0 Å². The molecule has 0 aliphatic heterocycles. The standard InChI is InChI=1S/C20H19NO2.C6H8/c1-20(2)12-14-11-15(21(22)23)8-10-16(14)18-9-7-13-5-3-4-6-17(13)19(18)20;1-2-4-6-5-3-1/h5,7-12H,3-4,6H2,1-2H3;1-4H,5-6H2. The molecular formula is C26H27NO2. The molecule has 3 aliphatic carbocycles. The van der Waals surface area contributed by atoms with Crippen molar-refractivity contribution < 1.29 is 4.92 Å². The fourth-order valence-electron chi connectivity index (χ4n) is 4.65. The Morgan fingerprint density at radius 2 is 1.66 bits per heavy atom. The summed E-state index contributed by atoms with van der Waals surface area (Å²) in [5.74, 6) is 0. The van der Waals surface area contributed by atoms with E-state index in [-0.39, 0.29) is 16.0 Å². The highest BCUT2D eigenvalue weighted by Crippen LogP contribution is 2.32. The summed E-state index contributed by atoms with van der Waals surface area (Å²) >= 11 is 0. The van der Waals surface area contributed by atoms with Gasteiger partial charge in [0, 0.05) is 17.5 Å². The number of benzene rings is 2. The summed E-state index contributed by atoms with van der Waals surface area (Å²) < 4.78 is 0. The van der Waals surface area contributed by atoms with Crippen molar-refractivity contribution in [3.05, 3.63) is 96.8 Å². The largest absolute Gasteiger partial charge is 0.270 e. The van der Waals surface area contributed by atoms with Crippen molar-refractivity contribution in [1.29, 1.82) is 0 Å². The molecule has 0 radical (unpaired) electrons. The fraction of sp³-hybridized carbons (Fsp3) is 0.308. The lowest BCUT2D eigenvalue weighted by Crippen LogP contribution is -2.29. The van der Waals surface area contributed by atoms with Crippen LogP contribution in [-0.4, -0.2) is 4.92 Å². The number of nitrogens with zero attached hydrogens (tertiary/aromatic N) is 1. The van der Waals surface area contributed by atoms with Crippen LogP contribution in [0.1, 0.15) is 50.7 Å². The van der Waals surface area contributed by atoms with E-state index in [0.717, 1.165) is 23.3 Å². The fourth-order valence-corrected chi connectivity index (χ4v) is 4.65. The smallest absolute Gasteiger partial charge is 0.258 e. The van der Waals surface area contributed by atoms with Crippen molar-refractivity contribution in [2.24, 2.45) is 0 Å². The first-order valence-electron chi connectivity index (χ1n) is 10.4. The van der Waals surface area contributed by atoms with E-state index in [1.54, 1.807) is 12.1 Å². The summed E-state index contributed by atoms with van der Waals surface area (Å²) in [6.07, 6.45) is 19.0. The lowest BCUT2D eigenvalue weighted by molar-refractivity contribution is -0.385. The number of nitro benzene ring substituents is 1. The van der Waals surface area contributed by atoms with Crippen molar-refractivity contribution in [1.82, 2.24) is 0 Å². The Kier molecular flexibility index (Phi) is 5.23. The quantitative estimate of drug-likeness (QED) is 0.514. The summed E-state index contributed by atoms with van der Waals surface area (Å²) in [6.45, 7) is 4.42. The highest BCUT2D eigenvalue weighted by Gasteiger charge is 2.26. The van der Waals surface area contributed by atoms with Gasteiger partial charge < -0.3 is 0 Å². The summed E-state index contributed by atoms with van der Waals surface area (Å²) in [5, 5.41) is 15.7. The van der Waals surface area contributed by atoms with Crippen molar-refractivity contribution in [2.75, 3.05) is 0 Å². The van der Waals surface area contributed by atoms with Crippen LogP contribution >= 0.6 is 0 Å². The van der Waals surface area contributed by atoms with E-state index in [4.69, 9.17) is 0 Å². The van der Waals surface area contributed by atoms with Crippen LogP contribution in [0.4, 0.5) is 5.69 Å². The van der Waals surface area contributed by atoms with E-state index in [1.807, 2.05) is 6.07 Å². The van der Waals surface area contributed by atoms with Gasteiger partial charge in [0.05, 0.1) is 4.92 Å². The number of rotatable bonds is 1. The summed E-state index contributed by atoms with van der Waals surface area (Å²) in [7, 11) is 0. The molecule has 0 spiro atoms. The molecule has 29 heavy (non-hydrogen) atoms. The highest BCUT2D eigenvalue weighted by molar-refractivity contribution is 5.56. The van der Waals surface area contributed by atoms with Crippen LogP contribution in [0.2, 0.25) is 0 Å². The zero-order valence-electron chi connectivity index (χ0n) is 17.2. The third-order valence-electron chi connectivity index (χ3n) is 5.92. The van der Waals surface area contributed by atoms with Crippen LogP contribution in [0.15, 0.2) is 54.6 Å². The molecule has 0 amide bonds. The zero-order valence-corrected chi connectivity index (χ0v) is 17.2. The molecule has 148 valence electrons. The second-order valence-corrected chi connectivity index (χ2v) is 8.48. The first-order chi connectivity index (χ1) is 14.0. The van der Waals surface area contributed by atoms with E-state index >= 15 is 0 Å². The topological polar surface area (TPSA) is 43.1 Å². The minimum atomic E-state index is -0.321. The number of hydrogen-bond acceptors (Lipinski definition) is 2. The van der Waals surface area contributed by atoms with E-state index < -0.39 is 0 Å². The Balaban J connectivity index is 0.000000294. The Morgan fingerprint density at radius 3 is 2.31 bits per heavy atom. The van der Waals surface area contributed by atoms with Crippen LogP contribution in [-0.2, 0) is 11.8 Å². The van der Waals surface area contributed by atoms with Crippen molar-refractivity contribution in [3.63, 3.8) is 0 Å². The molecule has 2 aromatic carbocycles. The van der Waals surface area contributed by atoms with Gasteiger partial charge in [-0.05, 0) is 70.2 Å². The highest BCUT2D eigenvalue weighted by atomic mass is 16.6. The monoisotopic (exact) mass is 385 g/mol. The third-order valence-corrected chi connectivity index (χ3v) is 5.92. The lowest BCUT2D eigenvalue weighted by Gasteiger charge is -2.29. The SMILES string of the molecule is C1=CCCC=C1.CC1(C)C=c2cc([N+](=O)[O-])ccc2=c2ccc3c(c21)CCCC=3. The van der Waals surface area contributed by atoms with Gasteiger partial charge >= 0.3 is 0 Å². The average Bonchev–Trinajstić information content (AvgIpc) is 2.74. The number of nitro groups is 1. The van der Waals surface area contributed by atoms with Gasteiger partial charge in [0.15, 0.2) is 0 Å². The number of fused-ring (bicyclic) bond motifs is 4.